The third-order valence-electron chi connectivity index (χ3n) is 5.23. The molecular weight excluding hydrogens is 320 g/mol. The van der Waals surface area contributed by atoms with Crippen LogP contribution in [0.15, 0.2) is 0 Å². The van der Waals surface area contributed by atoms with E-state index in [-0.39, 0.29) is 25.0 Å². The molecule has 2 aliphatic rings. The van der Waals surface area contributed by atoms with Gasteiger partial charge in [0.1, 0.15) is 18.3 Å². The second-order valence-electron chi connectivity index (χ2n) is 6.82. The van der Waals surface area contributed by atoms with Gasteiger partial charge in [0.15, 0.2) is 6.29 Å². The fourth-order valence-electron chi connectivity index (χ4n) is 3.63. The Balaban J connectivity index is 2.12. The summed E-state index contributed by atoms with van der Waals surface area (Å²) in [6, 6.07) is -1.43. The zero-order chi connectivity index (χ0) is 18.0. The zero-order valence-corrected chi connectivity index (χ0v) is 14.1. The van der Waals surface area contributed by atoms with Crippen molar-refractivity contribution in [1.29, 1.82) is 0 Å². The standard InChI is InChI=1S/C15H30N2O7/c1-6-3-7(4-18)13(11(20)9(6)16)24-15-10(17)12(21)14(22-2)8(5-19)23-15/h6-15,18-21H,3-5,16-17H2,1-2H3/t6-,7?,8?,9?,10?,11?,12-,13-,14-,15+/m1/s1. The number of ether oxygens (including phenoxy) is 3. The Morgan fingerprint density at radius 2 is 1.67 bits per heavy atom. The average molecular weight is 350 g/mol. The van der Waals surface area contributed by atoms with Crippen molar-refractivity contribution in [2.24, 2.45) is 23.3 Å². The smallest absolute Gasteiger partial charge is 0.176 e. The van der Waals surface area contributed by atoms with Gasteiger partial charge in [-0.3, -0.25) is 0 Å². The first kappa shape index (κ1) is 20.0. The van der Waals surface area contributed by atoms with Gasteiger partial charge in [-0.15, -0.1) is 0 Å². The number of nitrogens with two attached hydrogens (primary N) is 2. The Bertz CT molecular complexity index is 398. The molecule has 9 heteroatoms. The molecule has 1 aliphatic heterocycles. The van der Waals surface area contributed by atoms with Gasteiger partial charge in [0.05, 0.1) is 24.9 Å². The molecule has 0 aromatic rings. The highest BCUT2D eigenvalue weighted by molar-refractivity contribution is 4.97. The first-order valence-corrected chi connectivity index (χ1v) is 8.28. The molecule has 8 N–H and O–H groups in total. The van der Waals surface area contributed by atoms with Gasteiger partial charge < -0.3 is 46.1 Å². The molecule has 5 unspecified atom stereocenters. The van der Waals surface area contributed by atoms with Crippen molar-refractivity contribution in [3.63, 3.8) is 0 Å². The summed E-state index contributed by atoms with van der Waals surface area (Å²) in [5.41, 5.74) is 12.0. The molecule has 0 aromatic carbocycles. The number of methoxy groups -OCH3 is 1. The molecule has 2 rings (SSSR count). The van der Waals surface area contributed by atoms with Crippen LogP contribution in [-0.4, -0.2) is 89.6 Å². The van der Waals surface area contributed by atoms with Gasteiger partial charge in [-0.05, 0) is 12.3 Å². The second kappa shape index (κ2) is 8.35. The lowest BCUT2D eigenvalue weighted by molar-refractivity contribution is -0.299. The van der Waals surface area contributed by atoms with E-state index >= 15 is 0 Å². The third-order valence-corrected chi connectivity index (χ3v) is 5.23. The van der Waals surface area contributed by atoms with E-state index < -0.39 is 48.9 Å². The summed E-state index contributed by atoms with van der Waals surface area (Å²) in [6.45, 7) is 1.35. The first-order chi connectivity index (χ1) is 11.3. The average Bonchev–Trinajstić information content (AvgIpc) is 2.58. The van der Waals surface area contributed by atoms with Crippen molar-refractivity contribution >= 4 is 0 Å². The van der Waals surface area contributed by atoms with Crippen molar-refractivity contribution in [1.82, 2.24) is 0 Å². The van der Waals surface area contributed by atoms with Crippen molar-refractivity contribution in [2.45, 2.75) is 62.2 Å². The van der Waals surface area contributed by atoms with Gasteiger partial charge in [0, 0.05) is 25.7 Å². The molecule has 1 saturated heterocycles. The van der Waals surface area contributed by atoms with Crippen LogP contribution in [-0.2, 0) is 14.2 Å². The predicted octanol–water partition coefficient (Wildman–Crippen LogP) is -2.87. The first-order valence-electron chi connectivity index (χ1n) is 8.28. The van der Waals surface area contributed by atoms with E-state index in [1.165, 1.54) is 7.11 Å². The van der Waals surface area contributed by atoms with Crippen molar-refractivity contribution < 1.29 is 34.6 Å². The van der Waals surface area contributed by atoms with Crippen LogP contribution < -0.4 is 11.5 Å². The van der Waals surface area contributed by atoms with Crippen LogP contribution in [0.2, 0.25) is 0 Å². The maximum atomic E-state index is 10.4. The lowest BCUT2D eigenvalue weighted by Crippen LogP contribution is -2.65. The number of hydrogen-bond donors (Lipinski definition) is 6. The fourth-order valence-corrected chi connectivity index (χ4v) is 3.63. The second-order valence-corrected chi connectivity index (χ2v) is 6.82. The minimum absolute atomic E-state index is 0.0339. The van der Waals surface area contributed by atoms with Crippen LogP contribution in [0.1, 0.15) is 13.3 Å². The summed E-state index contributed by atoms with van der Waals surface area (Å²) >= 11 is 0. The summed E-state index contributed by atoms with van der Waals surface area (Å²) < 4.78 is 16.6. The summed E-state index contributed by atoms with van der Waals surface area (Å²) in [7, 11) is 1.39. The van der Waals surface area contributed by atoms with Crippen molar-refractivity contribution in [3.05, 3.63) is 0 Å². The molecule has 10 atom stereocenters. The van der Waals surface area contributed by atoms with Crippen LogP contribution in [0.4, 0.5) is 0 Å². The Kier molecular flexibility index (Phi) is 6.94. The van der Waals surface area contributed by atoms with Gasteiger partial charge in [-0.2, -0.15) is 0 Å². The van der Waals surface area contributed by atoms with E-state index in [4.69, 9.17) is 25.7 Å². The lowest BCUT2D eigenvalue weighted by atomic mass is 9.75. The van der Waals surface area contributed by atoms with E-state index in [2.05, 4.69) is 0 Å². The lowest BCUT2D eigenvalue weighted by Gasteiger charge is -2.47. The molecule has 1 aliphatic carbocycles. The molecule has 24 heavy (non-hydrogen) atoms. The van der Waals surface area contributed by atoms with Gasteiger partial charge in [0.2, 0.25) is 0 Å². The fraction of sp³-hybridized carbons (Fsp3) is 1.00. The van der Waals surface area contributed by atoms with Gasteiger partial charge in [0.25, 0.3) is 0 Å². The van der Waals surface area contributed by atoms with E-state index in [1.807, 2.05) is 6.92 Å². The quantitative estimate of drug-likeness (QED) is 0.306. The maximum Gasteiger partial charge on any atom is 0.176 e. The van der Waals surface area contributed by atoms with E-state index in [9.17, 15) is 20.4 Å². The summed E-state index contributed by atoms with van der Waals surface area (Å²) in [5, 5.41) is 39.7. The molecule has 0 aromatic heterocycles. The number of aliphatic hydroxyl groups is 4. The van der Waals surface area contributed by atoms with Crippen molar-refractivity contribution in [2.75, 3.05) is 20.3 Å². The van der Waals surface area contributed by atoms with E-state index in [0.717, 1.165) is 0 Å². The normalized spacial score (nSPS) is 50.0. The molecule has 142 valence electrons. The minimum Gasteiger partial charge on any atom is -0.396 e. The number of rotatable bonds is 5. The Morgan fingerprint density at radius 3 is 2.21 bits per heavy atom. The van der Waals surface area contributed by atoms with Crippen LogP contribution in [0.3, 0.4) is 0 Å². The molecular formula is C15H30N2O7. The monoisotopic (exact) mass is 350 g/mol. The molecule has 0 bridgehead atoms. The van der Waals surface area contributed by atoms with Gasteiger partial charge >= 0.3 is 0 Å². The topological polar surface area (TPSA) is 161 Å². The minimum atomic E-state index is -1.10. The van der Waals surface area contributed by atoms with Crippen LogP contribution in [0.5, 0.6) is 0 Å². The van der Waals surface area contributed by atoms with Gasteiger partial charge in [-0.25, -0.2) is 0 Å². The highest BCUT2D eigenvalue weighted by Gasteiger charge is 2.48. The van der Waals surface area contributed by atoms with E-state index in [0.29, 0.717) is 6.42 Å². The zero-order valence-electron chi connectivity index (χ0n) is 14.1. The molecule has 0 radical (unpaired) electrons. The Morgan fingerprint density at radius 1 is 1.04 bits per heavy atom. The summed E-state index contributed by atoms with van der Waals surface area (Å²) in [6.07, 6.45) is -4.93. The SMILES string of the molecule is CO[C@@H]1C(CO)O[C@@H](O[C@@H]2C(CO)C[C@@H](C)C(N)C2O)C(N)[C@H]1O. The Hall–Kier alpha value is -0.360. The molecule has 2 fully saturated rings. The van der Waals surface area contributed by atoms with E-state index in [1.54, 1.807) is 0 Å². The predicted molar refractivity (Wildman–Crippen MR) is 83.7 cm³/mol. The number of hydrogen-bond acceptors (Lipinski definition) is 9. The molecule has 1 saturated carbocycles. The summed E-state index contributed by atoms with van der Waals surface area (Å²) in [5.74, 6) is -0.290. The Labute approximate surface area is 141 Å². The van der Waals surface area contributed by atoms with Gasteiger partial charge in [-0.1, -0.05) is 6.92 Å². The highest BCUT2D eigenvalue weighted by Crippen LogP contribution is 2.33. The van der Waals surface area contributed by atoms with Crippen LogP contribution >= 0.6 is 0 Å². The molecule has 1 heterocycles. The molecule has 9 nitrogen and oxygen atoms in total. The van der Waals surface area contributed by atoms with Crippen LogP contribution in [0, 0.1) is 11.8 Å². The van der Waals surface area contributed by atoms with Crippen molar-refractivity contribution in [3.8, 4) is 0 Å². The largest absolute Gasteiger partial charge is 0.396 e. The van der Waals surface area contributed by atoms with Crippen LogP contribution in [0.25, 0.3) is 0 Å². The number of aliphatic hydroxyl groups excluding tert-OH is 4. The molecule has 0 amide bonds. The summed E-state index contributed by atoms with van der Waals surface area (Å²) in [4.78, 5) is 0. The molecule has 0 spiro atoms. The third kappa shape index (κ3) is 3.74. The highest BCUT2D eigenvalue weighted by atomic mass is 16.7. The maximum absolute atomic E-state index is 10.4.